The Morgan fingerprint density at radius 3 is 2.70 bits per heavy atom. The van der Waals surface area contributed by atoms with Crippen LogP contribution in [0.1, 0.15) is 0 Å². The molecule has 0 spiro atoms. The lowest BCUT2D eigenvalue weighted by Crippen LogP contribution is -1.85. The zero-order chi connectivity index (χ0) is 15.2. The Bertz CT molecular complexity index is 1170. The molecule has 0 saturated carbocycles. The highest BCUT2D eigenvalue weighted by atomic mass is 32.1. The molecule has 23 heavy (non-hydrogen) atoms. The fourth-order valence-electron chi connectivity index (χ4n) is 3.06. The maximum atomic E-state index is 4.67. The van der Waals surface area contributed by atoms with Crippen LogP contribution in [0.2, 0.25) is 0 Å². The number of nitrogens with zero attached hydrogens (tertiary/aromatic N) is 3. The van der Waals surface area contributed by atoms with Gasteiger partial charge in [-0.15, -0.1) is 11.3 Å². The fourth-order valence-corrected chi connectivity index (χ4v) is 4.19. The zero-order valence-corrected chi connectivity index (χ0v) is 12.9. The predicted molar refractivity (Wildman–Crippen MR) is 95.7 cm³/mol. The van der Waals surface area contributed by atoms with Gasteiger partial charge in [-0.1, -0.05) is 42.5 Å². The van der Waals surface area contributed by atoms with Gasteiger partial charge in [-0.05, 0) is 11.5 Å². The van der Waals surface area contributed by atoms with Crippen LogP contribution in [0, 0.1) is 0 Å². The molecule has 0 amide bonds. The largest absolute Gasteiger partial charge is 0.256 e. The van der Waals surface area contributed by atoms with Gasteiger partial charge in [0.05, 0.1) is 5.69 Å². The predicted octanol–water partition coefficient (Wildman–Crippen LogP) is 5.06. The molecular weight excluding hydrogens is 302 g/mol. The molecule has 3 nitrogen and oxygen atoms in total. The SMILES string of the molecule is c1ccc2c(-c3cccc4c3sc3ncncc34)nccc2c1. The first-order valence-corrected chi connectivity index (χ1v) is 8.19. The van der Waals surface area contributed by atoms with Crippen molar-refractivity contribution in [2.45, 2.75) is 0 Å². The van der Waals surface area contributed by atoms with Crippen LogP contribution in [0.25, 0.3) is 42.3 Å². The number of pyridine rings is 1. The van der Waals surface area contributed by atoms with Crippen molar-refractivity contribution in [2.75, 3.05) is 0 Å². The van der Waals surface area contributed by atoms with Crippen LogP contribution < -0.4 is 0 Å². The third kappa shape index (κ3) is 1.85. The number of fused-ring (bicyclic) bond motifs is 4. The molecule has 0 bridgehead atoms. The lowest BCUT2D eigenvalue weighted by atomic mass is 10.0. The number of benzene rings is 2. The van der Waals surface area contributed by atoms with E-state index in [2.05, 4.69) is 63.5 Å². The summed E-state index contributed by atoms with van der Waals surface area (Å²) in [6.07, 6.45) is 5.37. The first-order valence-electron chi connectivity index (χ1n) is 7.37. The second-order valence-electron chi connectivity index (χ2n) is 5.41. The van der Waals surface area contributed by atoms with Crippen molar-refractivity contribution in [3.05, 3.63) is 67.3 Å². The molecule has 5 rings (SSSR count). The van der Waals surface area contributed by atoms with Crippen LogP contribution in [0.4, 0.5) is 0 Å². The molecule has 0 aliphatic carbocycles. The third-order valence-corrected chi connectivity index (χ3v) is 5.27. The molecule has 0 unspecified atom stereocenters. The molecule has 3 aromatic heterocycles. The summed E-state index contributed by atoms with van der Waals surface area (Å²) in [4.78, 5) is 14.3. The topological polar surface area (TPSA) is 38.7 Å². The van der Waals surface area contributed by atoms with E-state index < -0.39 is 0 Å². The minimum Gasteiger partial charge on any atom is -0.256 e. The molecule has 5 aromatic rings. The lowest BCUT2D eigenvalue weighted by Gasteiger charge is -2.06. The van der Waals surface area contributed by atoms with Crippen molar-refractivity contribution in [3.8, 4) is 11.3 Å². The standard InChI is InChI=1S/C19H11N3S/c1-2-5-13-12(4-1)8-9-21-17(13)15-7-3-6-14-16-10-20-11-22-19(16)23-18(14)15/h1-11H. The molecule has 2 aromatic carbocycles. The summed E-state index contributed by atoms with van der Waals surface area (Å²) < 4.78 is 1.21. The van der Waals surface area contributed by atoms with Crippen LogP contribution in [-0.2, 0) is 0 Å². The van der Waals surface area contributed by atoms with E-state index in [1.54, 1.807) is 17.7 Å². The van der Waals surface area contributed by atoms with Gasteiger partial charge < -0.3 is 0 Å². The molecular formula is C19H11N3S. The van der Waals surface area contributed by atoms with E-state index in [9.17, 15) is 0 Å². The summed E-state index contributed by atoms with van der Waals surface area (Å²) >= 11 is 1.70. The highest BCUT2D eigenvalue weighted by Crippen LogP contribution is 2.39. The molecule has 0 radical (unpaired) electrons. The normalized spacial score (nSPS) is 11.5. The Kier molecular flexibility index (Phi) is 2.66. The molecule has 4 heteroatoms. The molecule has 0 saturated heterocycles. The second kappa shape index (κ2) is 4.83. The third-order valence-electron chi connectivity index (χ3n) is 4.11. The molecule has 0 atom stereocenters. The maximum Gasteiger partial charge on any atom is 0.127 e. The van der Waals surface area contributed by atoms with Crippen LogP contribution >= 0.6 is 11.3 Å². The quantitative estimate of drug-likeness (QED) is 0.434. The summed E-state index contributed by atoms with van der Waals surface area (Å²) in [6, 6.07) is 16.8. The zero-order valence-electron chi connectivity index (χ0n) is 12.1. The number of hydrogen-bond acceptors (Lipinski definition) is 4. The van der Waals surface area contributed by atoms with Crippen molar-refractivity contribution in [1.29, 1.82) is 0 Å². The van der Waals surface area contributed by atoms with Gasteiger partial charge in [-0.2, -0.15) is 0 Å². The van der Waals surface area contributed by atoms with E-state index in [0.29, 0.717) is 0 Å². The average Bonchev–Trinajstić information content (AvgIpc) is 3.00. The van der Waals surface area contributed by atoms with Crippen LogP contribution in [-0.4, -0.2) is 15.0 Å². The van der Waals surface area contributed by atoms with Gasteiger partial charge in [0.25, 0.3) is 0 Å². The molecule has 0 fully saturated rings. The van der Waals surface area contributed by atoms with E-state index in [0.717, 1.165) is 21.5 Å². The van der Waals surface area contributed by atoms with E-state index in [-0.39, 0.29) is 0 Å². The van der Waals surface area contributed by atoms with Gasteiger partial charge in [0.15, 0.2) is 0 Å². The lowest BCUT2D eigenvalue weighted by molar-refractivity contribution is 1.24. The van der Waals surface area contributed by atoms with Crippen LogP contribution in [0.15, 0.2) is 67.3 Å². The Morgan fingerprint density at radius 2 is 1.70 bits per heavy atom. The Hall–Kier alpha value is -2.85. The second-order valence-corrected chi connectivity index (χ2v) is 6.41. The average molecular weight is 313 g/mol. The van der Waals surface area contributed by atoms with E-state index in [1.807, 2.05) is 12.4 Å². The van der Waals surface area contributed by atoms with E-state index in [4.69, 9.17) is 0 Å². The number of rotatable bonds is 1. The summed E-state index contributed by atoms with van der Waals surface area (Å²) in [5, 5.41) is 4.67. The summed E-state index contributed by atoms with van der Waals surface area (Å²) in [6.45, 7) is 0. The van der Waals surface area contributed by atoms with Gasteiger partial charge in [-0.3, -0.25) is 4.98 Å². The number of thiophene rings is 1. The van der Waals surface area contributed by atoms with E-state index >= 15 is 0 Å². The summed E-state index contributed by atoms with van der Waals surface area (Å²) in [5.74, 6) is 0. The van der Waals surface area contributed by atoms with Crippen molar-refractivity contribution in [1.82, 2.24) is 15.0 Å². The molecule has 0 aliphatic rings. The Labute approximate surface area is 136 Å². The number of aromatic nitrogens is 3. The first-order chi connectivity index (χ1) is 11.4. The smallest absolute Gasteiger partial charge is 0.127 e. The Balaban J connectivity index is 1.93. The first kappa shape index (κ1) is 12.7. The van der Waals surface area contributed by atoms with Gasteiger partial charge in [0, 0.05) is 38.8 Å². The molecule has 0 aliphatic heterocycles. The Morgan fingerprint density at radius 1 is 0.783 bits per heavy atom. The van der Waals surface area contributed by atoms with Gasteiger partial charge in [0.1, 0.15) is 11.2 Å². The summed E-state index contributed by atoms with van der Waals surface area (Å²) in [5.41, 5.74) is 2.18. The van der Waals surface area contributed by atoms with Crippen molar-refractivity contribution >= 4 is 42.4 Å². The minimum absolute atomic E-state index is 1.02. The van der Waals surface area contributed by atoms with Gasteiger partial charge in [-0.25, -0.2) is 9.97 Å². The van der Waals surface area contributed by atoms with Crippen molar-refractivity contribution in [2.24, 2.45) is 0 Å². The van der Waals surface area contributed by atoms with E-state index in [1.165, 1.54) is 20.9 Å². The molecule has 3 heterocycles. The fraction of sp³-hybridized carbons (Fsp3) is 0. The van der Waals surface area contributed by atoms with Crippen molar-refractivity contribution < 1.29 is 0 Å². The van der Waals surface area contributed by atoms with Crippen LogP contribution in [0.3, 0.4) is 0 Å². The minimum atomic E-state index is 1.02. The molecule has 108 valence electrons. The summed E-state index contributed by atoms with van der Waals surface area (Å²) in [7, 11) is 0. The number of hydrogen-bond donors (Lipinski definition) is 0. The monoisotopic (exact) mass is 313 g/mol. The van der Waals surface area contributed by atoms with Crippen molar-refractivity contribution in [3.63, 3.8) is 0 Å². The van der Waals surface area contributed by atoms with Gasteiger partial charge in [0.2, 0.25) is 0 Å². The van der Waals surface area contributed by atoms with Gasteiger partial charge >= 0.3 is 0 Å². The molecule has 0 N–H and O–H groups in total. The maximum absolute atomic E-state index is 4.67. The van der Waals surface area contributed by atoms with Crippen LogP contribution in [0.5, 0.6) is 0 Å². The highest BCUT2D eigenvalue weighted by Gasteiger charge is 2.13. The highest BCUT2D eigenvalue weighted by molar-refractivity contribution is 7.26.